The molecule has 3 amide bonds. The second-order valence-electron chi connectivity index (χ2n) is 8.18. The highest BCUT2D eigenvalue weighted by Gasteiger charge is 2.42. The van der Waals surface area contributed by atoms with Crippen molar-refractivity contribution in [3.05, 3.63) is 71.8 Å². The first-order valence-corrected chi connectivity index (χ1v) is 11.0. The molecule has 1 unspecified atom stereocenters. The summed E-state index contributed by atoms with van der Waals surface area (Å²) in [7, 11) is 0. The van der Waals surface area contributed by atoms with E-state index in [1.807, 2.05) is 6.92 Å². The zero-order valence-electron chi connectivity index (χ0n) is 18.5. The minimum Gasteiger partial charge on any atom is -0.441 e. The Hall–Kier alpha value is -3.88. The smallest absolute Gasteiger partial charge is 0.237 e. The van der Waals surface area contributed by atoms with Gasteiger partial charge in [0.2, 0.25) is 17.7 Å². The van der Waals surface area contributed by atoms with Gasteiger partial charge in [0.1, 0.15) is 11.6 Å². The van der Waals surface area contributed by atoms with E-state index in [1.165, 1.54) is 12.3 Å². The summed E-state index contributed by atoms with van der Waals surface area (Å²) in [5.41, 5.74) is 0.681. The number of carbonyl (C=O) groups is 3. The Morgan fingerprint density at radius 3 is 2.62 bits per heavy atom. The van der Waals surface area contributed by atoms with Crippen LogP contribution in [0.25, 0.3) is 11.3 Å². The van der Waals surface area contributed by atoms with Gasteiger partial charge in [-0.2, -0.15) is 0 Å². The predicted octanol–water partition coefficient (Wildman–Crippen LogP) is 4.28. The number of amides is 3. The molecule has 9 heteroatoms. The van der Waals surface area contributed by atoms with Gasteiger partial charge < -0.3 is 9.73 Å². The van der Waals surface area contributed by atoms with Crippen LogP contribution in [0.4, 0.5) is 14.5 Å². The van der Waals surface area contributed by atoms with Crippen LogP contribution in [-0.2, 0) is 26.2 Å². The van der Waals surface area contributed by atoms with Gasteiger partial charge in [0.15, 0.2) is 11.7 Å². The van der Waals surface area contributed by atoms with E-state index in [4.69, 9.17) is 4.42 Å². The summed E-state index contributed by atoms with van der Waals surface area (Å²) < 4.78 is 32.5. The first-order valence-electron chi connectivity index (χ1n) is 11.0. The van der Waals surface area contributed by atoms with E-state index < -0.39 is 17.0 Å². The quantitative estimate of drug-likeness (QED) is 0.505. The van der Waals surface area contributed by atoms with Crippen molar-refractivity contribution >= 4 is 23.4 Å². The Morgan fingerprint density at radius 1 is 1.18 bits per heavy atom. The van der Waals surface area contributed by atoms with E-state index in [0.717, 1.165) is 17.7 Å². The summed E-state index contributed by atoms with van der Waals surface area (Å²) in [5, 5.41) is 5.20. The molecule has 7 nitrogen and oxygen atoms in total. The van der Waals surface area contributed by atoms with Gasteiger partial charge in [-0.15, -0.1) is 0 Å². The second-order valence-corrected chi connectivity index (χ2v) is 8.18. The normalized spacial score (nSPS) is 18.0. The number of nitrogens with zero attached hydrogens (tertiary/aromatic N) is 1. The van der Waals surface area contributed by atoms with Crippen LogP contribution in [0, 0.1) is 11.6 Å². The minimum absolute atomic E-state index is 0.0804. The van der Waals surface area contributed by atoms with E-state index in [2.05, 4.69) is 15.6 Å². The van der Waals surface area contributed by atoms with Crippen molar-refractivity contribution in [1.82, 2.24) is 10.3 Å². The highest BCUT2D eigenvalue weighted by Crippen LogP contribution is 2.36. The molecule has 3 aromatic rings. The first kappa shape index (κ1) is 23.3. The van der Waals surface area contributed by atoms with E-state index in [0.29, 0.717) is 18.5 Å². The molecule has 2 heterocycles. The lowest BCUT2D eigenvalue weighted by Gasteiger charge is -2.35. The van der Waals surface area contributed by atoms with Crippen LogP contribution in [0.5, 0.6) is 0 Å². The maximum atomic E-state index is 13.9. The van der Waals surface area contributed by atoms with E-state index >= 15 is 0 Å². The molecule has 2 N–H and O–H groups in total. The third-order valence-corrected chi connectivity index (χ3v) is 6.11. The molecule has 0 bridgehead atoms. The van der Waals surface area contributed by atoms with Gasteiger partial charge in [0.25, 0.3) is 0 Å². The van der Waals surface area contributed by atoms with E-state index in [9.17, 15) is 23.2 Å². The lowest BCUT2D eigenvalue weighted by atomic mass is 9.72. The van der Waals surface area contributed by atoms with Gasteiger partial charge in [-0.3, -0.25) is 19.7 Å². The molecule has 0 spiro atoms. The maximum absolute atomic E-state index is 13.9. The van der Waals surface area contributed by atoms with Gasteiger partial charge in [-0.05, 0) is 42.7 Å². The number of rotatable bonds is 7. The fourth-order valence-corrected chi connectivity index (χ4v) is 4.12. The van der Waals surface area contributed by atoms with Crippen molar-refractivity contribution in [2.45, 2.75) is 44.4 Å². The summed E-state index contributed by atoms with van der Waals surface area (Å²) in [4.78, 5) is 40.5. The second kappa shape index (κ2) is 9.54. The molecule has 1 atom stereocenters. The van der Waals surface area contributed by atoms with Crippen LogP contribution in [0.15, 0.2) is 53.1 Å². The number of nitrogens with one attached hydrogen (secondary N) is 2. The van der Waals surface area contributed by atoms with E-state index in [1.54, 1.807) is 24.3 Å². The number of hydrogen-bond acceptors (Lipinski definition) is 5. The Balaban J connectivity index is 1.35. The molecule has 1 saturated heterocycles. The van der Waals surface area contributed by atoms with E-state index in [-0.39, 0.29) is 54.2 Å². The zero-order valence-corrected chi connectivity index (χ0v) is 18.5. The van der Waals surface area contributed by atoms with Crippen molar-refractivity contribution in [3.8, 4) is 11.3 Å². The predicted molar refractivity (Wildman–Crippen MR) is 120 cm³/mol. The van der Waals surface area contributed by atoms with Crippen molar-refractivity contribution < 1.29 is 27.6 Å². The van der Waals surface area contributed by atoms with Gasteiger partial charge in [-0.1, -0.05) is 19.1 Å². The number of oxazole rings is 1. The molecule has 0 aliphatic carbocycles. The molecule has 0 radical (unpaired) electrons. The average Bonchev–Trinajstić information content (AvgIpc) is 3.28. The number of hydrogen-bond donors (Lipinski definition) is 2. The van der Waals surface area contributed by atoms with Crippen LogP contribution in [-0.4, -0.2) is 22.7 Å². The number of imide groups is 1. The van der Waals surface area contributed by atoms with Crippen molar-refractivity contribution in [2.75, 3.05) is 5.32 Å². The van der Waals surface area contributed by atoms with Crippen LogP contribution in [0.1, 0.15) is 44.1 Å². The summed E-state index contributed by atoms with van der Waals surface area (Å²) in [6.07, 6.45) is 2.89. The molecule has 176 valence electrons. The monoisotopic (exact) mass is 467 g/mol. The molecule has 34 heavy (non-hydrogen) atoms. The molecule has 2 aromatic carbocycles. The molecule has 0 saturated carbocycles. The standard InChI is InChI=1S/C25H23F2N3O4/c1-2-25(12-11-22(32)30-24(25)33)15-3-6-17(7-4-15)29-21(31)9-10-23-28-14-20(34-23)18-8-5-16(26)13-19(18)27/h3-8,13-14H,2,9-12H2,1H3,(H,29,31)(H,30,32,33). The van der Waals surface area contributed by atoms with Crippen LogP contribution < -0.4 is 10.6 Å². The minimum atomic E-state index is -0.761. The largest absolute Gasteiger partial charge is 0.441 e. The summed E-state index contributed by atoms with van der Waals surface area (Å²) in [6, 6.07) is 10.2. The highest BCUT2D eigenvalue weighted by atomic mass is 19.1. The molecular formula is C25H23F2N3O4. The lowest BCUT2D eigenvalue weighted by Crippen LogP contribution is -2.51. The Morgan fingerprint density at radius 2 is 1.94 bits per heavy atom. The van der Waals surface area contributed by atoms with Crippen LogP contribution in [0.3, 0.4) is 0 Å². The SMILES string of the molecule is CCC1(c2ccc(NC(=O)CCc3ncc(-c4ccc(F)cc4F)o3)cc2)CCC(=O)NC1=O. The van der Waals surface area contributed by atoms with Crippen molar-refractivity contribution in [2.24, 2.45) is 0 Å². The van der Waals surface area contributed by atoms with Gasteiger partial charge >= 0.3 is 0 Å². The summed E-state index contributed by atoms with van der Waals surface area (Å²) in [5.74, 6) is -1.87. The molecule has 1 aromatic heterocycles. The van der Waals surface area contributed by atoms with Gasteiger partial charge in [-0.25, -0.2) is 13.8 Å². The Labute approximate surface area is 194 Å². The number of halogens is 2. The zero-order chi connectivity index (χ0) is 24.3. The fourth-order valence-electron chi connectivity index (χ4n) is 4.12. The highest BCUT2D eigenvalue weighted by molar-refractivity contribution is 6.03. The fraction of sp³-hybridized carbons (Fsp3) is 0.280. The first-order chi connectivity index (χ1) is 16.3. The average molecular weight is 467 g/mol. The molecule has 1 aliphatic rings. The maximum Gasteiger partial charge on any atom is 0.237 e. The number of aryl methyl sites for hydroxylation is 1. The summed E-state index contributed by atoms with van der Waals surface area (Å²) >= 11 is 0. The van der Waals surface area contributed by atoms with Crippen LogP contribution >= 0.6 is 0 Å². The third-order valence-electron chi connectivity index (χ3n) is 6.11. The number of aromatic nitrogens is 1. The lowest BCUT2D eigenvalue weighted by molar-refractivity contribution is -0.138. The molecule has 4 rings (SSSR count). The number of benzene rings is 2. The van der Waals surface area contributed by atoms with Gasteiger partial charge in [0.05, 0.1) is 17.2 Å². The summed E-state index contributed by atoms with van der Waals surface area (Å²) in [6.45, 7) is 1.91. The third kappa shape index (κ3) is 4.73. The van der Waals surface area contributed by atoms with Crippen molar-refractivity contribution in [3.63, 3.8) is 0 Å². The number of carbonyl (C=O) groups excluding carboxylic acids is 3. The Kier molecular flexibility index (Phi) is 6.54. The molecular weight excluding hydrogens is 444 g/mol. The van der Waals surface area contributed by atoms with Crippen LogP contribution in [0.2, 0.25) is 0 Å². The number of piperidine rings is 1. The number of anilines is 1. The Bertz CT molecular complexity index is 1240. The molecule has 1 fully saturated rings. The van der Waals surface area contributed by atoms with Gasteiger partial charge in [0, 0.05) is 31.0 Å². The van der Waals surface area contributed by atoms with Crippen molar-refractivity contribution in [1.29, 1.82) is 0 Å². The molecule has 1 aliphatic heterocycles. The topological polar surface area (TPSA) is 101 Å².